The molecular weight excluding hydrogens is 424 g/mol. The van der Waals surface area contributed by atoms with Gasteiger partial charge in [0.2, 0.25) is 0 Å². The molecule has 162 valence electrons. The fourth-order valence-corrected chi connectivity index (χ4v) is 4.37. The third kappa shape index (κ3) is 3.81. The summed E-state index contributed by atoms with van der Waals surface area (Å²) in [5.41, 5.74) is 10.4. The number of rotatable bonds is 5. The molecule has 0 bridgehead atoms. The molecule has 3 N–H and O–H groups in total. The van der Waals surface area contributed by atoms with Gasteiger partial charge in [-0.15, -0.1) is 0 Å². The molecule has 1 aliphatic heterocycles. The van der Waals surface area contributed by atoms with Crippen molar-refractivity contribution in [3.8, 4) is 11.1 Å². The summed E-state index contributed by atoms with van der Waals surface area (Å²) in [7, 11) is 0. The lowest BCUT2D eigenvalue weighted by Crippen LogP contribution is -2.36. The molecular formula is C24H23ClN6O. The Morgan fingerprint density at radius 1 is 1.16 bits per heavy atom. The van der Waals surface area contributed by atoms with E-state index in [1.54, 1.807) is 23.0 Å². The van der Waals surface area contributed by atoms with Crippen LogP contribution in [0.25, 0.3) is 16.8 Å². The highest BCUT2D eigenvalue weighted by Gasteiger charge is 2.25. The van der Waals surface area contributed by atoms with Crippen LogP contribution in [0, 0.1) is 0 Å². The number of nitrogens with two attached hydrogens (primary N) is 1. The summed E-state index contributed by atoms with van der Waals surface area (Å²) in [5.74, 6) is -0.272. The van der Waals surface area contributed by atoms with Gasteiger partial charge in [0.1, 0.15) is 5.69 Å². The highest BCUT2D eigenvalue weighted by atomic mass is 35.5. The summed E-state index contributed by atoms with van der Waals surface area (Å²) in [6.07, 6.45) is 5.64. The molecule has 2 aromatic heterocycles. The summed E-state index contributed by atoms with van der Waals surface area (Å²) in [5, 5.41) is 8.06. The van der Waals surface area contributed by atoms with Gasteiger partial charge in [-0.3, -0.25) is 4.79 Å². The van der Waals surface area contributed by atoms with Gasteiger partial charge in [0.25, 0.3) is 5.91 Å². The molecule has 5 rings (SSSR count). The predicted molar refractivity (Wildman–Crippen MR) is 127 cm³/mol. The number of carbonyl (C=O) groups is 1. The Bertz CT molecular complexity index is 1270. The maximum atomic E-state index is 13.1. The summed E-state index contributed by atoms with van der Waals surface area (Å²) in [6, 6.07) is 17.2. The van der Waals surface area contributed by atoms with E-state index in [1.165, 1.54) is 0 Å². The van der Waals surface area contributed by atoms with Crippen LogP contribution >= 0.6 is 11.6 Å². The summed E-state index contributed by atoms with van der Waals surface area (Å²) in [6.45, 7) is 1.52. The van der Waals surface area contributed by atoms with Crippen LogP contribution in [0.5, 0.6) is 0 Å². The molecule has 8 heteroatoms. The number of nitrogens with zero attached hydrogens (tertiary/aromatic N) is 4. The Hall–Kier alpha value is -3.42. The molecule has 0 aliphatic carbocycles. The lowest BCUT2D eigenvalue weighted by molar-refractivity contribution is 0.102. The standard InChI is InChI=1S/C24H23ClN6O/c25-17-9-7-16(8-10-17)19-15-27-31-13-11-21(28-23(19)31)24(32)29-20-5-1-2-6-22(20)30-12-3-4-18(30)14-26/h1-2,5-11,13,15,18H,3-4,12,14,26H2,(H,29,32)/t18-/m1/s1. The van der Waals surface area contributed by atoms with Crippen LogP contribution in [0.3, 0.4) is 0 Å². The minimum absolute atomic E-state index is 0.272. The lowest BCUT2D eigenvalue weighted by atomic mass is 10.1. The maximum Gasteiger partial charge on any atom is 0.274 e. The molecule has 1 amide bonds. The fraction of sp³-hybridized carbons (Fsp3) is 0.208. The lowest BCUT2D eigenvalue weighted by Gasteiger charge is -2.28. The average Bonchev–Trinajstić information content (AvgIpc) is 3.46. The molecule has 1 fully saturated rings. The summed E-state index contributed by atoms with van der Waals surface area (Å²) >= 11 is 6.01. The van der Waals surface area contributed by atoms with E-state index in [9.17, 15) is 4.79 Å². The number of hydrogen-bond donors (Lipinski definition) is 2. The quantitative estimate of drug-likeness (QED) is 0.479. The Kier molecular flexibility index (Phi) is 5.51. The number of halogens is 1. The van der Waals surface area contributed by atoms with Crippen LogP contribution in [0.15, 0.2) is 67.0 Å². The monoisotopic (exact) mass is 446 g/mol. The van der Waals surface area contributed by atoms with Gasteiger partial charge in [-0.2, -0.15) is 5.10 Å². The van der Waals surface area contributed by atoms with Crippen molar-refractivity contribution in [2.45, 2.75) is 18.9 Å². The third-order valence-electron chi connectivity index (χ3n) is 5.87. The Balaban J connectivity index is 1.45. The van der Waals surface area contributed by atoms with Crippen LogP contribution in [0.4, 0.5) is 11.4 Å². The molecule has 7 nitrogen and oxygen atoms in total. The smallest absolute Gasteiger partial charge is 0.274 e. The molecule has 4 aromatic rings. The molecule has 1 aliphatic rings. The van der Waals surface area contributed by atoms with Crippen molar-refractivity contribution >= 4 is 34.5 Å². The molecule has 0 unspecified atom stereocenters. The van der Waals surface area contributed by atoms with Gasteiger partial charge in [-0.1, -0.05) is 35.9 Å². The van der Waals surface area contributed by atoms with E-state index in [4.69, 9.17) is 17.3 Å². The fourth-order valence-electron chi connectivity index (χ4n) is 4.24. The highest BCUT2D eigenvalue weighted by molar-refractivity contribution is 6.30. The van der Waals surface area contributed by atoms with Crippen molar-refractivity contribution in [1.29, 1.82) is 0 Å². The Morgan fingerprint density at radius 3 is 2.78 bits per heavy atom. The molecule has 0 radical (unpaired) electrons. The molecule has 1 atom stereocenters. The number of carbonyl (C=O) groups excluding carboxylic acids is 1. The zero-order valence-corrected chi connectivity index (χ0v) is 18.2. The van der Waals surface area contributed by atoms with Gasteiger partial charge in [-0.05, 0) is 48.7 Å². The topological polar surface area (TPSA) is 88.5 Å². The molecule has 3 heterocycles. The van der Waals surface area contributed by atoms with Crippen LogP contribution in [-0.2, 0) is 0 Å². The zero-order valence-electron chi connectivity index (χ0n) is 17.4. The molecule has 0 spiro atoms. The van der Waals surface area contributed by atoms with Gasteiger partial charge in [-0.25, -0.2) is 9.50 Å². The molecule has 0 saturated carbocycles. The van der Waals surface area contributed by atoms with Crippen LogP contribution < -0.4 is 16.0 Å². The summed E-state index contributed by atoms with van der Waals surface area (Å²) < 4.78 is 1.66. The van der Waals surface area contributed by atoms with Crippen molar-refractivity contribution in [3.63, 3.8) is 0 Å². The van der Waals surface area contributed by atoms with E-state index in [-0.39, 0.29) is 11.9 Å². The first-order valence-corrected chi connectivity index (χ1v) is 11.0. The van der Waals surface area contributed by atoms with Crippen molar-refractivity contribution in [2.75, 3.05) is 23.3 Å². The van der Waals surface area contributed by atoms with Crippen molar-refractivity contribution in [2.24, 2.45) is 5.73 Å². The second-order valence-electron chi connectivity index (χ2n) is 7.84. The number of amides is 1. The van der Waals surface area contributed by atoms with Gasteiger partial charge >= 0.3 is 0 Å². The minimum Gasteiger partial charge on any atom is -0.366 e. The highest BCUT2D eigenvalue weighted by Crippen LogP contribution is 2.32. The number of aromatic nitrogens is 3. The molecule has 2 aromatic carbocycles. The largest absolute Gasteiger partial charge is 0.366 e. The Morgan fingerprint density at radius 2 is 1.97 bits per heavy atom. The normalized spacial score (nSPS) is 15.9. The average molecular weight is 447 g/mol. The molecule has 32 heavy (non-hydrogen) atoms. The van der Waals surface area contributed by atoms with E-state index in [2.05, 4.69) is 20.3 Å². The summed E-state index contributed by atoms with van der Waals surface area (Å²) in [4.78, 5) is 20.0. The van der Waals surface area contributed by atoms with Gasteiger partial charge < -0.3 is 16.0 Å². The van der Waals surface area contributed by atoms with Gasteiger partial charge in [0.05, 0.1) is 17.6 Å². The zero-order chi connectivity index (χ0) is 22.1. The number of para-hydroxylation sites is 2. The van der Waals surface area contributed by atoms with Crippen molar-refractivity contribution in [1.82, 2.24) is 14.6 Å². The van der Waals surface area contributed by atoms with E-state index < -0.39 is 0 Å². The molecule has 1 saturated heterocycles. The SMILES string of the molecule is NC[C@H]1CCCN1c1ccccc1NC(=O)c1ccn2ncc(-c3ccc(Cl)cc3)c2n1. The predicted octanol–water partition coefficient (Wildman–Crippen LogP) is 4.23. The first kappa shape index (κ1) is 20.5. The number of anilines is 2. The minimum atomic E-state index is -0.272. The third-order valence-corrected chi connectivity index (χ3v) is 6.12. The number of benzene rings is 2. The van der Waals surface area contributed by atoms with E-state index in [0.717, 1.165) is 41.9 Å². The second kappa shape index (κ2) is 8.61. The Labute approximate surface area is 190 Å². The van der Waals surface area contributed by atoms with Crippen molar-refractivity contribution in [3.05, 3.63) is 77.7 Å². The number of fused-ring (bicyclic) bond motifs is 1. The van der Waals surface area contributed by atoms with E-state index >= 15 is 0 Å². The van der Waals surface area contributed by atoms with E-state index in [1.807, 2.05) is 48.5 Å². The van der Waals surface area contributed by atoms with Crippen LogP contribution in [-0.4, -0.2) is 39.6 Å². The van der Waals surface area contributed by atoms with Crippen molar-refractivity contribution < 1.29 is 4.79 Å². The first-order valence-electron chi connectivity index (χ1n) is 10.6. The second-order valence-corrected chi connectivity index (χ2v) is 8.28. The van der Waals surface area contributed by atoms with Gasteiger partial charge in [0, 0.05) is 35.9 Å². The maximum absolute atomic E-state index is 13.1. The number of hydrogen-bond acceptors (Lipinski definition) is 5. The number of nitrogens with one attached hydrogen (secondary N) is 1. The van der Waals surface area contributed by atoms with Crippen LogP contribution in [0.1, 0.15) is 23.3 Å². The van der Waals surface area contributed by atoms with Gasteiger partial charge in [0.15, 0.2) is 5.65 Å². The first-order chi connectivity index (χ1) is 15.6. The van der Waals surface area contributed by atoms with E-state index in [0.29, 0.717) is 22.9 Å². The van der Waals surface area contributed by atoms with Crippen LogP contribution in [0.2, 0.25) is 5.02 Å².